The molecule has 2 saturated carbocycles. The highest BCUT2D eigenvalue weighted by atomic mass is 35.7. The third kappa shape index (κ3) is 2.08. The van der Waals surface area contributed by atoms with Crippen LogP contribution in [0.3, 0.4) is 0 Å². The number of rotatable bonds is 3. The summed E-state index contributed by atoms with van der Waals surface area (Å²) in [5, 5.41) is 7.81. The van der Waals surface area contributed by atoms with E-state index in [0.717, 1.165) is 11.5 Å². The van der Waals surface area contributed by atoms with Gasteiger partial charge in [0, 0.05) is 22.3 Å². The molecule has 2 aromatic rings. The van der Waals surface area contributed by atoms with Gasteiger partial charge in [-0.25, -0.2) is 8.42 Å². The maximum Gasteiger partial charge on any atom is 0.297 e. The number of fused-ring (bicyclic) bond motifs is 1. The molecule has 0 bridgehead atoms. The summed E-state index contributed by atoms with van der Waals surface area (Å²) >= 11 is 0. The maximum atomic E-state index is 11.8. The molecule has 0 aliphatic heterocycles. The van der Waals surface area contributed by atoms with Gasteiger partial charge in [-0.1, -0.05) is 24.6 Å². The highest BCUT2D eigenvalue weighted by molar-refractivity contribution is 8.13. The largest absolute Gasteiger partial charge is 0.297 e. The van der Waals surface area contributed by atoms with Gasteiger partial charge in [0.25, 0.3) is 14.2 Å². The predicted octanol–water partition coefficient (Wildman–Crippen LogP) is 2.71. The maximum absolute atomic E-state index is 11.8. The summed E-state index contributed by atoms with van der Waals surface area (Å²) in [5.41, 5.74) is 0.738. The van der Waals surface area contributed by atoms with Gasteiger partial charge in [0.15, 0.2) is 0 Å². The van der Waals surface area contributed by atoms with Crippen LogP contribution in [0.2, 0.25) is 0 Å². The molecule has 4 rings (SSSR count). The molecule has 21 heavy (non-hydrogen) atoms. The second kappa shape index (κ2) is 4.55. The Morgan fingerprint density at radius 2 is 1.76 bits per heavy atom. The van der Waals surface area contributed by atoms with Gasteiger partial charge >= 0.3 is 0 Å². The minimum absolute atomic E-state index is 0.185. The van der Waals surface area contributed by atoms with E-state index in [4.69, 9.17) is 10.7 Å². The molecule has 2 fully saturated rings. The van der Waals surface area contributed by atoms with Gasteiger partial charge in [0.1, 0.15) is 5.82 Å². The highest BCUT2D eigenvalue weighted by Gasteiger charge is 2.56. The molecule has 0 saturated heterocycles. The molecular formula is C14H14ClN3O2S. The van der Waals surface area contributed by atoms with Crippen molar-refractivity contribution in [2.24, 2.45) is 11.8 Å². The van der Waals surface area contributed by atoms with Crippen LogP contribution >= 0.6 is 10.7 Å². The summed E-state index contributed by atoms with van der Waals surface area (Å²) in [6, 6.07) is 9.29. The molecule has 1 aromatic heterocycles. The Hall–Kier alpha value is -1.40. The number of nitrogens with zero attached hydrogens (tertiary/aromatic N) is 3. The molecule has 0 amide bonds. The fraction of sp³-hybridized carbons (Fsp3) is 0.429. The second-order valence-electron chi connectivity index (χ2n) is 5.73. The van der Waals surface area contributed by atoms with Crippen LogP contribution in [0.5, 0.6) is 0 Å². The number of halogens is 1. The lowest BCUT2D eigenvalue weighted by atomic mass is 10.1. The third-order valence-electron chi connectivity index (χ3n) is 4.60. The van der Waals surface area contributed by atoms with E-state index in [-0.39, 0.29) is 5.16 Å². The Morgan fingerprint density at radius 3 is 2.38 bits per heavy atom. The Morgan fingerprint density at radius 1 is 1.10 bits per heavy atom. The molecule has 5 nitrogen and oxygen atoms in total. The zero-order valence-corrected chi connectivity index (χ0v) is 12.8. The topological polar surface area (TPSA) is 64.8 Å². The lowest BCUT2D eigenvalue weighted by molar-refractivity contribution is 0.595. The average molecular weight is 324 g/mol. The number of para-hydroxylation sites is 1. The van der Waals surface area contributed by atoms with Crippen molar-refractivity contribution < 1.29 is 8.42 Å². The fourth-order valence-electron chi connectivity index (χ4n) is 3.68. The molecule has 1 heterocycles. The lowest BCUT2D eigenvalue weighted by Crippen LogP contribution is -2.08. The predicted molar refractivity (Wildman–Crippen MR) is 78.0 cm³/mol. The van der Waals surface area contributed by atoms with Gasteiger partial charge in [0.05, 0.1) is 0 Å². The molecular weight excluding hydrogens is 310 g/mol. The van der Waals surface area contributed by atoms with Gasteiger partial charge in [-0.2, -0.15) is 0 Å². The van der Waals surface area contributed by atoms with E-state index >= 15 is 0 Å². The molecule has 7 heteroatoms. The van der Waals surface area contributed by atoms with Gasteiger partial charge < -0.3 is 0 Å². The molecule has 0 N–H and O–H groups in total. The summed E-state index contributed by atoms with van der Waals surface area (Å²) in [5.74, 6) is 2.30. The van der Waals surface area contributed by atoms with E-state index in [1.54, 1.807) is 4.57 Å². The molecule has 1 aromatic carbocycles. The summed E-state index contributed by atoms with van der Waals surface area (Å²) in [6.45, 7) is 0. The standard InChI is InChI=1S/C14H14ClN3O2S/c15-21(19,20)14-17-16-13(12-10-7-4-8-11(10)12)18(14)9-5-2-1-3-6-9/h1-3,5-6,10-12H,4,7-8H2. The van der Waals surface area contributed by atoms with Crippen LogP contribution in [0.15, 0.2) is 35.5 Å². The van der Waals surface area contributed by atoms with Crippen molar-refractivity contribution in [3.8, 4) is 5.69 Å². The quantitative estimate of drug-likeness (QED) is 0.815. The van der Waals surface area contributed by atoms with E-state index in [1.165, 1.54) is 19.3 Å². The summed E-state index contributed by atoms with van der Waals surface area (Å²) in [4.78, 5) is 0. The Labute approximate surface area is 127 Å². The first kappa shape index (κ1) is 13.3. The van der Waals surface area contributed by atoms with Crippen molar-refractivity contribution in [1.82, 2.24) is 14.8 Å². The molecule has 0 spiro atoms. The summed E-state index contributed by atoms with van der Waals surface area (Å²) in [6.07, 6.45) is 3.64. The van der Waals surface area contributed by atoms with Gasteiger partial charge in [0.2, 0.25) is 0 Å². The van der Waals surface area contributed by atoms with Crippen LogP contribution in [0.1, 0.15) is 31.0 Å². The zero-order chi connectivity index (χ0) is 14.6. The zero-order valence-electron chi connectivity index (χ0n) is 11.2. The molecule has 2 unspecified atom stereocenters. The van der Waals surface area contributed by atoms with Crippen LogP contribution in [-0.4, -0.2) is 23.2 Å². The molecule has 2 aliphatic rings. The summed E-state index contributed by atoms with van der Waals surface area (Å²) < 4.78 is 25.1. The van der Waals surface area contributed by atoms with Crippen LogP contribution in [0, 0.1) is 11.8 Å². The van der Waals surface area contributed by atoms with Crippen LogP contribution in [0.25, 0.3) is 5.69 Å². The van der Waals surface area contributed by atoms with Crippen molar-refractivity contribution in [1.29, 1.82) is 0 Å². The third-order valence-corrected chi connectivity index (χ3v) is 5.71. The fourth-order valence-corrected chi connectivity index (χ4v) is 4.53. The van der Waals surface area contributed by atoms with Crippen molar-refractivity contribution in [3.63, 3.8) is 0 Å². The number of hydrogen-bond acceptors (Lipinski definition) is 4. The van der Waals surface area contributed by atoms with Gasteiger partial charge in [-0.15, -0.1) is 10.2 Å². The number of hydrogen-bond donors (Lipinski definition) is 0. The second-order valence-corrected chi connectivity index (χ2v) is 8.19. The van der Waals surface area contributed by atoms with Crippen molar-refractivity contribution in [3.05, 3.63) is 36.2 Å². The van der Waals surface area contributed by atoms with Crippen molar-refractivity contribution in [2.45, 2.75) is 30.3 Å². The van der Waals surface area contributed by atoms with E-state index < -0.39 is 9.05 Å². The Kier molecular flexibility index (Phi) is 2.87. The first-order valence-electron chi connectivity index (χ1n) is 7.03. The number of benzene rings is 1. The first-order chi connectivity index (χ1) is 10.1. The summed E-state index contributed by atoms with van der Waals surface area (Å²) in [7, 11) is 1.59. The van der Waals surface area contributed by atoms with Crippen LogP contribution in [0.4, 0.5) is 0 Å². The van der Waals surface area contributed by atoms with Gasteiger partial charge in [-0.05, 0) is 36.8 Å². The highest BCUT2D eigenvalue weighted by Crippen LogP contribution is 2.62. The minimum atomic E-state index is -3.93. The number of aromatic nitrogens is 3. The van der Waals surface area contributed by atoms with Crippen molar-refractivity contribution in [2.75, 3.05) is 0 Å². The molecule has 2 atom stereocenters. The molecule has 0 radical (unpaired) electrons. The van der Waals surface area contributed by atoms with Crippen LogP contribution in [-0.2, 0) is 9.05 Å². The molecule has 2 aliphatic carbocycles. The Balaban J connectivity index is 1.87. The Bertz CT molecular complexity index is 778. The van der Waals surface area contributed by atoms with E-state index in [2.05, 4.69) is 10.2 Å². The monoisotopic (exact) mass is 323 g/mol. The molecule has 110 valence electrons. The smallest absolute Gasteiger partial charge is 0.269 e. The van der Waals surface area contributed by atoms with Crippen molar-refractivity contribution >= 4 is 19.7 Å². The van der Waals surface area contributed by atoms with E-state index in [9.17, 15) is 8.42 Å². The van der Waals surface area contributed by atoms with Gasteiger partial charge in [-0.3, -0.25) is 4.57 Å². The van der Waals surface area contributed by atoms with Crippen LogP contribution < -0.4 is 0 Å². The lowest BCUT2D eigenvalue weighted by Gasteiger charge is -2.09. The van der Waals surface area contributed by atoms with E-state index in [0.29, 0.717) is 17.8 Å². The minimum Gasteiger partial charge on any atom is -0.269 e. The SMILES string of the molecule is O=S(=O)(Cl)c1nnc(C2C3CCCC32)n1-c1ccccc1. The average Bonchev–Trinajstić information content (AvgIpc) is 2.86. The first-order valence-corrected chi connectivity index (χ1v) is 9.33. The van der Waals surface area contributed by atoms with E-state index in [1.807, 2.05) is 30.3 Å². The normalized spacial score (nSPS) is 27.6.